The van der Waals surface area contributed by atoms with E-state index in [2.05, 4.69) is 30.5 Å². The average molecular weight is 491 g/mol. The number of nitrogen functional groups attached to an aromatic ring is 1. The third-order valence-corrected chi connectivity index (χ3v) is 6.58. The Morgan fingerprint density at radius 2 is 1.97 bits per heavy atom. The Kier molecular flexibility index (Phi) is 7.32. The monoisotopic (exact) mass is 490 g/mol. The number of sulfonamides is 1. The molecule has 0 aromatic carbocycles. The predicted molar refractivity (Wildman–Crippen MR) is 129 cm³/mol. The Hall–Kier alpha value is -3.19. The van der Waals surface area contributed by atoms with Gasteiger partial charge in [-0.1, -0.05) is 6.42 Å². The van der Waals surface area contributed by atoms with Crippen LogP contribution in [-0.2, 0) is 10.0 Å². The van der Waals surface area contributed by atoms with Crippen molar-refractivity contribution in [2.45, 2.75) is 32.1 Å². The molecule has 2 aliphatic heterocycles. The van der Waals surface area contributed by atoms with E-state index >= 15 is 0 Å². The summed E-state index contributed by atoms with van der Waals surface area (Å²) in [6.45, 7) is 2.13. The third-order valence-electron chi connectivity index (χ3n) is 5.84. The van der Waals surface area contributed by atoms with Crippen LogP contribution in [0, 0.1) is 5.92 Å². The maximum absolute atomic E-state index is 13.2. The lowest BCUT2D eigenvalue weighted by molar-refractivity contribution is 0.102. The van der Waals surface area contributed by atoms with Crippen LogP contribution < -0.4 is 31.1 Å². The first-order valence-electron chi connectivity index (χ1n) is 11.4. The minimum absolute atomic E-state index is 0.130. The molecule has 1 unspecified atom stereocenters. The van der Waals surface area contributed by atoms with Crippen LogP contribution in [0.25, 0.3) is 0 Å². The van der Waals surface area contributed by atoms with E-state index in [0.29, 0.717) is 29.8 Å². The van der Waals surface area contributed by atoms with Gasteiger partial charge < -0.3 is 26.0 Å². The van der Waals surface area contributed by atoms with Crippen LogP contribution in [0.5, 0.6) is 5.88 Å². The van der Waals surface area contributed by atoms with Crippen LogP contribution in [0.2, 0.25) is 0 Å². The highest BCUT2D eigenvalue weighted by molar-refractivity contribution is 7.89. The number of carbonyl (C=O) groups excluding carboxylic acids is 1. The maximum atomic E-state index is 13.2. The quantitative estimate of drug-likeness (QED) is 0.486. The zero-order valence-electron chi connectivity index (χ0n) is 18.9. The molecule has 2 aromatic heterocycles. The van der Waals surface area contributed by atoms with Crippen molar-refractivity contribution in [1.29, 1.82) is 0 Å². The molecule has 0 spiro atoms. The van der Waals surface area contributed by atoms with E-state index in [1.807, 2.05) is 0 Å². The van der Waals surface area contributed by atoms with Gasteiger partial charge >= 0.3 is 0 Å². The van der Waals surface area contributed by atoms with Crippen molar-refractivity contribution >= 4 is 39.3 Å². The minimum atomic E-state index is -3.65. The molecule has 4 bridgehead atoms. The Morgan fingerprint density at radius 1 is 1.15 bits per heavy atom. The molecule has 184 valence electrons. The summed E-state index contributed by atoms with van der Waals surface area (Å²) in [6, 6.07) is 4.66. The SMILES string of the molecule is Nc1cc2nc(n1)NCCCCC1CCCN(C1)c1nc(OCCS(N)(=O)=O)ccc1C(=O)N2. The van der Waals surface area contributed by atoms with Crippen molar-refractivity contribution in [2.75, 3.05) is 53.3 Å². The molecule has 1 fully saturated rings. The molecule has 0 radical (unpaired) electrons. The minimum Gasteiger partial charge on any atom is -0.476 e. The van der Waals surface area contributed by atoms with Gasteiger partial charge in [0.1, 0.15) is 24.1 Å². The first-order chi connectivity index (χ1) is 16.3. The summed E-state index contributed by atoms with van der Waals surface area (Å²) in [5.41, 5.74) is 6.27. The average Bonchev–Trinajstić information content (AvgIpc) is 2.77. The van der Waals surface area contributed by atoms with Crippen LogP contribution in [0.15, 0.2) is 18.2 Å². The Morgan fingerprint density at radius 3 is 2.79 bits per heavy atom. The molecule has 4 heterocycles. The number of pyridine rings is 1. The zero-order valence-corrected chi connectivity index (χ0v) is 19.7. The number of piperidine rings is 1. The molecule has 1 amide bonds. The summed E-state index contributed by atoms with van der Waals surface area (Å²) in [5, 5.41) is 11.0. The fraction of sp³-hybridized carbons (Fsp3) is 0.524. The number of carbonyl (C=O) groups is 1. The fourth-order valence-corrected chi connectivity index (χ4v) is 4.55. The van der Waals surface area contributed by atoms with Gasteiger partial charge in [-0.15, -0.1) is 0 Å². The Balaban J connectivity index is 1.66. The number of fused-ring (bicyclic) bond motifs is 6. The highest BCUT2D eigenvalue weighted by Gasteiger charge is 2.26. The number of hydrogen-bond donors (Lipinski definition) is 4. The van der Waals surface area contributed by atoms with Crippen LogP contribution >= 0.6 is 0 Å². The second-order valence-corrected chi connectivity index (χ2v) is 10.3. The molecule has 13 heteroatoms. The van der Waals surface area contributed by atoms with Gasteiger partial charge in [0.25, 0.3) is 5.91 Å². The number of ether oxygens (including phenoxy) is 1. The lowest BCUT2D eigenvalue weighted by atomic mass is 9.92. The predicted octanol–water partition coefficient (Wildman–Crippen LogP) is 1.19. The van der Waals surface area contributed by atoms with Gasteiger partial charge in [-0.3, -0.25) is 4.79 Å². The lowest BCUT2D eigenvalue weighted by Gasteiger charge is -2.34. The van der Waals surface area contributed by atoms with Gasteiger partial charge in [-0.25, -0.2) is 13.6 Å². The van der Waals surface area contributed by atoms with E-state index in [-0.39, 0.29) is 35.8 Å². The number of amides is 1. The molecule has 2 aromatic rings. The van der Waals surface area contributed by atoms with E-state index in [1.54, 1.807) is 12.1 Å². The topological polar surface area (TPSA) is 178 Å². The number of primary sulfonamides is 1. The van der Waals surface area contributed by atoms with Crippen molar-refractivity contribution in [2.24, 2.45) is 11.1 Å². The molecule has 0 aliphatic carbocycles. The number of nitrogens with zero attached hydrogens (tertiary/aromatic N) is 4. The van der Waals surface area contributed by atoms with E-state index in [9.17, 15) is 13.2 Å². The molecule has 12 nitrogen and oxygen atoms in total. The lowest BCUT2D eigenvalue weighted by Crippen LogP contribution is -2.37. The smallest absolute Gasteiger partial charge is 0.260 e. The van der Waals surface area contributed by atoms with Gasteiger partial charge in [0, 0.05) is 31.8 Å². The molecule has 34 heavy (non-hydrogen) atoms. The van der Waals surface area contributed by atoms with Crippen LogP contribution in [0.3, 0.4) is 0 Å². The largest absolute Gasteiger partial charge is 0.476 e. The van der Waals surface area contributed by atoms with E-state index in [0.717, 1.165) is 45.2 Å². The first kappa shape index (κ1) is 24.0. The Labute approximate surface area is 198 Å². The van der Waals surface area contributed by atoms with E-state index < -0.39 is 10.0 Å². The summed E-state index contributed by atoms with van der Waals surface area (Å²) >= 11 is 0. The third kappa shape index (κ3) is 6.44. The van der Waals surface area contributed by atoms with Gasteiger partial charge in [0.05, 0.1) is 11.3 Å². The molecule has 2 aliphatic rings. The zero-order chi connectivity index (χ0) is 24.1. The second-order valence-electron chi connectivity index (χ2n) is 8.57. The normalized spacial score (nSPS) is 19.1. The number of aromatic nitrogens is 3. The molecule has 0 saturated carbocycles. The number of anilines is 4. The molecule has 1 atom stereocenters. The van der Waals surface area contributed by atoms with Crippen LogP contribution in [0.1, 0.15) is 42.5 Å². The van der Waals surface area contributed by atoms with Crippen molar-refractivity contribution in [3.8, 4) is 5.88 Å². The van der Waals surface area contributed by atoms with Crippen LogP contribution in [-0.4, -0.2) is 61.3 Å². The first-order valence-corrected chi connectivity index (χ1v) is 13.1. The number of hydrogen-bond acceptors (Lipinski definition) is 10. The highest BCUT2D eigenvalue weighted by Crippen LogP contribution is 2.30. The van der Waals surface area contributed by atoms with Crippen molar-refractivity contribution in [1.82, 2.24) is 15.0 Å². The summed E-state index contributed by atoms with van der Waals surface area (Å²) < 4.78 is 28.0. The van der Waals surface area contributed by atoms with Gasteiger partial charge in [-0.2, -0.15) is 15.0 Å². The van der Waals surface area contributed by atoms with Crippen molar-refractivity contribution in [3.05, 3.63) is 23.8 Å². The number of rotatable bonds is 4. The van der Waals surface area contributed by atoms with Crippen molar-refractivity contribution in [3.63, 3.8) is 0 Å². The highest BCUT2D eigenvalue weighted by atomic mass is 32.2. The van der Waals surface area contributed by atoms with Crippen LogP contribution in [0.4, 0.5) is 23.4 Å². The summed E-state index contributed by atoms with van der Waals surface area (Å²) in [6.07, 6.45) is 5.19. The fourth-order valence-electron chi connectivity index (χ4n) is 4.24. The van der Waals surface area contributed by atoms with Gasteiger partial charge in [-0.05, 0) is 37.7 Å². The molecule has 1 saturated heterocycles. The van der Waals surface area contributed by atoms with Gasteiger partial charge in [0.2, 0.25) is 21.9 Å². The Bertz CT molecular complexity index is 1140. The maximum Gasteiger partial charge on any atom is 0.260 e. The number of nitrogens with one attached hydrogen (secondary N) is 2. The molecule has 4 rings (SSSR count). The van der Waals surface area contributed by atoms with E-state index in [4.69, 9.17) is 15.6 Å². The summed E-state index contributed by atoms with van der Waals surface area (Å²) in [5.74, 6) is 1.38. The number of nitrogens with two attached hydrogens (primary N) is 2. The summed E-state index contributed by atoms with van der Waals surface area (Å²) in [4.78, 5) is 28.5. The second kappa shape index (κ2) is 10.4. The molecular weight excluding hydrogens is 460 g/mol. The van der Waals surface area contributed by atoms with Gasteiger partial charge in [0.15, 0.2) is 0 Å². The molecular formula is C21H30N8O4S. The standard InChI is InChI=1S/C21H30N8O4S/c22-16-12-17-26-20(30)15-6-7-18(33-10-11-34(23,31)32)28-19(15)29-9-3-5-14(13-29)4-1-2-8-24-21(25-16)27-17/h6-7,12,14H,1-5,8-11,13H2,(H2,23,31,32)(H4,22,24,25,26,27,30). The van der Waals surface area contributed by atoms with E-state index in [1.165, 1.54) is 6.07 Å². The summed E-state index contributed by atoms with van der Waals surface area (Å²) in [7, 11) is -3.65. The van der Waals surface area contributed by atoms with Crippen molar-refractivity contribution < 1.29 is 17.9 Å². The molecule has 6 N–H and O–H groups in total.